The second-order valence-corrected chi connectivity index (χ2v) is 2.60. The van der Waals surface area contributed by atoms with Crippen molar-refractivity contribution in [3.63, 3.8) is 0 Å². The molecule has 0 radical (unpaired) electrons. The summed E-state index contributed by atoms with van der Waals surface area (Å²) in [6.07, 6.45) is 0. The number of non-ortho nitro benzene ring substituents is 1. The van der Waals surface area contributed by atoms with E-state index in [1.54, 1.807) is 12.1 Å². The second-order valence-electron chi connectivity index (χ2n) is 2.38. The van der Waals surface area contributed by atoms with Gasteiger partial charge >= 0.3 is 0 Å². The van der Waals surface area contributed by atoms with Crippen LogP contribution in [0.25, 0.3) is 0 Å². The normalized spacial score (nSPS) is 8.87. The van der Waals surface area contributed by atoms with Gasteiger partial charge in [0.05, 0.1) is 11.5 Å². The van der Waals surface area contributed by atoms with Gasteiger partial charge < -0.3 is 9.53 Å². The summed E-state index contributed by atoms with van der Waals surface area (Å²) < 4.78 is 4.92. The fraction of sp³-hybridized carbons (Fsp3) is 0.222. The van der Waals surface area contributed by atoms with Gasteiger partial charge in [0.25, 0.3) is 5.69 Å². The largest absolute Gasteiger partial charge is 0.361 e. The summed E-state index contributed by atoms with van der Waals surface area (Å²) in [6.45, 7) is 2.38. The third kappa shape index (κ3) is 5.09. The van der Waals surface area contributed by atoms with Crippen molar-refractivity contribution >= 4 is 24.1 Å². The Morgan fingerprint density at radius 3 is 2.27 bits per heavy atom. The molecule has 0 heterocycles. The van der Waals surface area contributed by atoms with Crippen LogP contribution in [0.1, 0.15) is 5.56 Å². The van der Waals surface area contributed by atoms with E-state index in [2.05, 4.69) is 0 Å². The molecule has 0 N–H and O–H groups in total. The molecule has 5 nitrogen and oxygen atoms in total. The molecular weight excluding hydrogens is 222 g/mol. The van der Waals surface area contributed by atoms with Crippen LogP contribution in [-0.4, -0.2) is 17.8 Å². The minimum Gasteiger partial charge on any atom is -0.361 e. The molecule has 0 bridgehead atoms. The zero-order valence-electron chi connectivity index (χ0n) is 7.89. The van der Waals surface area contributed by atoms with E-state index in [0.29, 0.717) is 6.61 Å². The Labute approximate surface area is 91.8 Å². The molecule has 1 aromatic rings. The molecule has 0 fully saturated rings. The van der Waals surface area contributed by atoms with Crippen LogP contribution in [0.2, 0.25) is 0 Å². The number of benzene rings is 1. The summed E-state index contributed by atoms with van der Waals surface area (Å²) in [4.78, 5) is 17.8. The number of nitrogens with zero attached hydrogens (tertiary/aromatic N) is 1. The molecule has 1 rings (SSSR count). The second kappa shape index (κ2) is 7.90. The maximum absolute atomic E-state index is 10.3. The van der Waals surface area contributed by atoms with Gasteiger partial charge in [-0.05, 0) is 17.7 Å². The van der Waals surface area contributed by atoms with E-state index < -0.39 is 4.92 Å². The summed E-state index contributed by atoms with van der Waals surface area (Å²) >= 11 is 5.30. The molecule has 0 aromatic heterocycles. The molecule has 6 heteroatoms. The van der Waals surface area contributed by atoms with Crippen LogP contribution in [0.4, 0.5) is 5.69 Å². The molecule has 15 heavy (non-hydrogen) atoms. The average molecular weight is 232 g/mol. The maximum Gasteiger partial charge on any atom is 0.269 e. The van der Waals surface area contributed by atoms with Crippen molar-refractivity contribution in [2.75, 3.05) is 6.07 Å². The number of rotatable bonds is 4. The minimum atomic E-state index is -0.438. The Hall–Kier alpha value is -1.46. The highest BCUT2D eigenvalue weighted by Crippen LogP contribution is 2.12. The van der Waals surface area contributed by atoms with Gasteiger partial charge in [-0.25, -0.2) is 0 Å². The van der Waals surface area contributed by atoms with Gasteiger partial charge in [0.1, 0.15) is 12.9 Å². The lowest BCUT2D eigenvalue weighted by molar-refractivity contribution is -0.384. The van der Waals surface area contributed by atoms with Crippen molar-refractivity contribution in [1.82, 2.24) is 0 Å². The lowest BCUT2D eigenvalue weighted by atomic mass is 10.2. The fourth-order valence-corrected chi connectivity index (χ4v) is 0.947. The summed E-state index contributed by atoms with van der Waals surface area (Å²) in [5.74, 6) is 0. The number of hydrogen-bond acceptors (Lipinski definition) is 4. The van der Waals surface area contributed by atoms with Crippen molar-refractivity contribution < 1.29 is 14.5 Å². The lowest BCUT2D eigenvalue weighted by Crippen LogP contribution is -1.91. The van der Waals surface area contributed by atoms with Gasteiger partial charge in [0, 0.05) is 12.1 Å². The van der Waals surface area contributed by atoms with E-state index in [1.165, 1.54) is 12.1 Å². The van der Waals surface area contributed by atoms with Crippen molar-refractivity contribution in [3.05, 3.63) is 39.9 Å². The quantitative estimate of drug-likeness (QED) is 0.452. The first kappa shape index (κ1) is 13.5. The maximum atomic E-state index is 10.3. The minimum absolute atomic E-state index is 0.0784. The molecule has 82 valence electrons. The summed E-state index contributed by atoms with van der Waals surface area (Å²) in [5.41, 5.74) is 0.945. The van der Waals surface area contributed by atoms with Gasteiger partial charge in [0.2, 0.25) is 0 Å². The zero-order valence-corrected chi connectivity index (χ0v) is 8.64. The van der Waals surface area contributed by atoms with Crippen molar-refractivity contribution in [3.8, 4) is 0 Å². The third-order valence-corrected chi connectivity index (χ3v) is 1.65. The number of alkyl halides is 1. The molecule has 1 aromatic carbocycles. The van der Waals surface area contributed by atoms with Crippen molar-refractivity contribution in [2.24, 2.45) is 0 Å². The first-order valence-electron chi connectivity index (χ1n) is 3.90. The zero-order chi connectivity index (χ0) is 11.7. The average Bonchev–Trinajstić information content (AvgIpc) is 2.29. The molecule has 0 saturated carbocycles. The predicted octanol–water partition coefficient (Wildman–Crippen LogP) is 2.12. The summed E-state index contributed by atoms with van der Waals surface area (Å²) in [7, 11) is 0. The molecule has 0 spiro atoms. The van der Waals surface area contributed by atoms with Gasteiger partial charge in [-0.1, -0.05) is 11.6 Å². The molecule has 0 aliphatic rings. The highest BCUT2D eigenvalue weighted by atomic mass is 35.5. The van der Waals surface area contributed by atoms with Crippen molar-refractivity contribution in [1.29, 1.82) is 0 Å². The SMILES string of the molecule is C=O.O=[N+]([O-])c1ccc(COCCl)cc1. The first-order chi connectivity index (χ1) is 7.24. The predicted molar refractivity (Wildman–Crippen MR) is 55.7 cm³/mol. The van der Waals surface area contributed by atoms with Crippen LogP contribution in [0.5, 0.6) is 0 Å². The van der Waals surface area contributed by atoms with Crippen LogP contribution in [-0.2, 0) is 16.1 Å². The molecule has 0 unspecified atom stereocenters. The molecule has 0 atom stereocenters. The summed E-state index contributed by atoms with van der Waals surface area (Å²) in [5, 5.41) is 10.3. The number of halogens is 1. The Morgan fingerprint density at radius 2 is 1.87 bits per heavy atom. The highest BCUT2D eigenvalue weighted by molar-refractivity contribution is 6.17. The van der Waals surface area contributed by atoms with Gasteiger partial charge in [-0.2, -0.15) is 0 Å². The smallest absolute Gasteiger partial charge is 0.269 e. The molecule has 0 aliphatic carbocycles. The Balaban J connectivity index is 0.000000921. The van der Waals surface area contributed by atoms with Crippen LogP contribution in [0.15, 0.2) is 24.3 Å². The first-order valence-corrected chi connectivity index (χ1v) is 4.43. The van der Waals surface area contributed by atoms with E-state index in [0.717, 1.165) is 5.56 Å². The standard InChI is InChI=1S/C8H8ClNO3.CH2O/c9-6-13-5-7-1-3-8(4-2-7)10(11)12;1-2/h1-4H,5-6H2;1H2. The van der Waals surface area contributed by atoms with Crippen LogP contribution in [0, 0.1) is 10.1 Å². The van der Waals surface area contributed by atoms with E-state index in [9.17, 15) is 10.1 Å². The van der Waals surface area contributed by atoms with E-state index in [4.69, 9.17) is 21.1 Å². The van der Waals surface area contributed by atoms with E-state index >= 15 is 0 Å². The number of carbonyl (C=O) groups is 1. The van der Waals surface area contributed by atoms with Crippen LogP contribution >= 0.6 is 11.6 Å². The van der Waals surface area contributed by atoms with Gasteiger partial charge in [-0.15, -0.1) is 0 Å². The van der Waals surface area contributed by atoms with Crippen LogP contribution < -0.4 is 0 Å². The number of nitro groups is 1. The molecular formula is C9H10ClNO4. The Kier molecular flexibility index (Phi) is 7.13. The number of ether oxygens (including phenoxy) is 1. The summed E-state index contributed by atoms with van der Waals surface area (Å²) in [6, 6.07) is 6.28. The van der Waals surface area contributed by atoms with E-state index in [1.807, 2.05) is 6.79 Å². The van der Waals surface area contributed by atoms with E-state index in [-0.39, 0.29) is 11.8 Å². The molecule has 0 saturated heterocycles. The Bertz CT molecular complexity index is 301. The highest BCUT2D eigenvalue weighted by Gasteiger charge is 2.03. The van der Waals surface area contributed by atoms with Crippen LogP contribution in [0.3, 0.4) is 0 Å². The lowest BCUT2D eigenvalue weighted by Gasteiger charge is -1.99. The van der Waals surface area contributed by atoms with Crippen molar-refractivity contribution in [2.45, 2.75) is 6.61 Å². The van der Waals surface area contributed by atoms with Gasteiger partial charge in [-0.3, -0.25) is 10.1 Å². The topological polar surface area (TPSA) is 69.4 Å². The fourth-order valence-electron chi connectivity index (χ4n) is 0.870. The molecule has 0 aliphatic heterocycles. The molecule has 0 amide bonds. The monoisotopic (exact) mass is 231 g/mol. The Morgan fingerprint density at radius 1 is 1.33 bits per heavy atom. The van der Waals surface area contributed by atoms with Gasteiger partial charge in [0.15, 0.2) is 0 Å². The number of hydrogen-bond donors (Lipinski definition) is 0. The third-order valence-electron chi connectivity index (χ3n) is 1.49. The number of carbonyl (C=O) groups excluding carboxylic acids is 1. The number of nitro benzene ring substituents is 1.